The van der Waals surface area contributed by atoms with Crippen molar-refractivity contribution in [2.75, 3.05) is 0 Å². The van der Waals surface area contributed by atoms with Crippen LogP contribution in [-0.2, 0) is 6.54 Å². The molecule has 0 aliphatic rings. The summed E-state index contributed by atoms with van der Waals surface area (Å²) in [4.78, 5) is 14.0. The maximum absolute atomic E-state index is 10.7. The molecular weight excluding hydrogens is 238 g/mol. The number of aromatic amines is 1. The quantitative estimate of drug-likeness (QED) is 0.697. The molecule has 0 aliphatic heterocycles. The van der Waals surface area contributed by atoms with E-state index in [-0.39, 0.29) is 0 Å². The molecule has 0 atom stereocenters. The summed E-state index contributed by atoms with van der Waals surface area (Å²) in [7, 11) is 0. The lowest BCUT2D eigenvalue weighted by atomic mass is 10.0. The van der Waals surface area contributed by atoms with Gasteiger partial charge in [0.1, 0.15) is 5.69 Å². The fraction of sp³-hybridized carbons (Fsp3) is 0.0667. The Balaban J connectivity index is 2.34. The van der Waals surface area contributed by atoms with Crippen molar-refractivity contribution in [3.8, 4) is 11.1 Å². The van der Waals surface area contributed by atoms with Crippen LogP contribution in [0.4, 0.5) is 5.69 Å². The molecule has 0 saturated carbocycles. The van der Waals surface area contributed by atoms with Gasteiger partial charge in [0.25, 0.3) is 0 Å². The Kier molecular flexibility index (Phi) is 2.85. The number of hydrogen-bond acceptors (Lipinski definition) is 3. The van der Waals surface area contributed by atoms with E-state index in [0.29, 0.717) is 12.2 Å². The van der Waals surface area contributed by atoms with Crippen LogP contribution in [0.3, 0.4) is 0 Å². The highest BCUT2D eigenvalue weighted by Gasteiger charge is 2.12. The van der Waals surface area contributed by atoms with Crippen LogP contribution in [0.25, 0.3) is 22.0 Å². The summed E-state index contributed by atoms with van der Waals surface area (Å²) < 4.78 is 0. The topological polar surface area (TPSA) is 71.2 Å². The van der Waals surface area contributed by atoms with E-state index < -0.39 is 0 Å². The molecule has 0 amide bonds. The van der Waals surface area contributed by atoms with E-state index in [0.717, 1.165) is 27.7 Å². The van der Waals surface area contributed by atoms with Crippen LogP contribution < -0.4 is 5.73 Å². The fourth-order valence-electron chi connectivity index (χ4n) is 2.38. The summed E-state index contributed by atoms with van der Waals surface area (Å²) >= 11 is 0. The van der Waals surface area contributed by atoms with Crippen molar-refractivity contribution < 1.29 is 0 Å². The molecular formula is C15H13N3O. The number of nitrogens with zero attached hydrogens (tertiary/aromatic N) is 1. The smallest absolute Gasteiger partial charge is 0.108 e. The van der Waals surface area contributed by atoms with Crippen LogP contribution in [0.5, 0.6) is 0 Å². The number of aromatic nitrogens is 1. The van der Waals surface area contributed by atoms with Gasteiger partial charge in [-0.15, -0.1) is 4.91 Å². The number of benzene rings is 2. The first-order chi connectivity index (χ1) is 9.33. The van der Waals surface area contributed by atoms with Crippen molar-refractivity contribution >= 4 is 16.6 Å². The average molecular weight is 251 g/mol. The number of nitrogens with one attached hydrogen (secondary N) is 1. The number of rotatable bonds is 3. The lowest BCUT2D eigenvalue weighted by Gasteiger charge is -2.03. The van der Waals surface area contributed by atoms with Crippen molar-refractivity contribution in [1.82, 2.24) is 4.98 Å². The molecule has 3 rings (SSSR count). The molecule has 0 saturated heterocycles. The van der Waals surface area contributed by atoms with Crippen molar-refractivity contribution in [2.45, 2.75) is 6.54 Å². The minimum absolute atomic E-state index is 0.419. The normalized spacial score (nSPS) is 10.8. The average Bonchev–Trinajstić information content (AvgIpc) is 2.85. The van der Waals surface area contributed by atoms with Crippen molar-refractivity contribution in [1.29, 1.82) is 0 Å². The Morgan fingerprint density at radius 2 is 1.89 bits per heavy atom. The summed E-state index contributed by atoms with van der Waals surface area (Å²) in [5.74, 6) is 0. The van der Waals surface area contributed by atoms with Crippen molar-refractivity contribution in [3.05, 3.63) is 59.1 Å². The fourth-order valence-corrected chi connectivity index (χ4v) is 2.38. The lowest BCUT2D eigenvalue weighted by Crippen LogP contribution is -1.98. The van der Waals surface area contributed by atoms with Gasteiger partial charge in [-0.05, 0) is 28.9 Å². The first kappa shape index (κ1) is 11.6. The molecule has 3 aromatic rings. The zero-order valence-electron chi connectivity index (χ0n) is 10.3. The summed E-state index contributed by atoms with van der Waals surface area (Å²) in [6.45, 7) is 0.419. The van der Waals surface area contributed by atoms with E-state index in [1.165, 1.54) is 0 Å². The molecule has 2 aromatic carbocycles. The van der Waals surface area contributed by atoms with Crippen LogP contribution in [0.15, 0.2) is 53.7 Å². The molecule has 19 heavy (non-hydrogen) atoms. The third-order valence-corrected chi connectivity index (χ3v) is 3.23. The third-order valence-electron chi connectivity index (χ3n) is 3.23. The van der Waals surface area contributed by atoms with Crippen LogP contribution in [-0.4, -0.2) is 4.98 Å². The van der Waals surface area contributed by atoms with Crippen LogP contribution in [0.2, 0.25) is 0 Å². The molecule has 94 valence electrons. The van der Waals surface area contributed by atoms with Gasteiger partial charge < -0.3 is 10.7 Å². The second-order valence-electron chi connectivity index (χ2n) is 4.37. The number of H-pyrrole nitrogens is 1. The highest BCUT2D eigenvalue weighted by Crippen LogP contribution is 2.34. The second-order valence-corrected chi connectivity index (χ2v) is 4.37. The van der Waals surface area contributed by atoms with Crippen LogP contribution >= 0.6 is 0 Å². The molecule has 0 bridgehead atoms. The standard InChI is InChI=1S/C15H13N3O/c16-9-14-15(10-4-2-1-3-5-10)12-8-11(18-19)6-7-13(12)17-14/h1-8,17H,9,16H2. The first-order valence-corrected chi connectivity index (χ1v) is 6.07. The van der Waals surface area contributed by atoms with E-state index in [2.05, 4.69) is 10.2 Å². The minimum atomic E-state index is 0.419. The van der Waals surface area contributed by atoms with E-state index in [9.17, 15) is 4.91 Å². The van der Waals surface area contributed by atoms with E-state index in [1.54, 1.807) is 12.1 Å². The monoisotopic (exact) mass is 251 g/mol. The van der Waals surface area contributed by atoms with Gasteiger partial charge in [-0.1, -0.05) is 30.3 Å². The number of hydrogen-bond donors (Lipinski definition) is 2. The molecule has 1 aromatic heterocycles. The molecule has 0 fully saturated rings. The SMILES string of the molecule is NCc1[nH]c2ccc(N=O)cc2c1-c1ccccc1. The van der Waals surface area contributed by atoms with E-state index in [1.807, 2.05) is 36.4 Å². The largest absolute Gasteiger partial charge is 0.357 e. The number of fused-ring (bicyclic) bond motifs is 1. The molecule has 3 N–H and O–H groups in total. The second kappa shape index (κ2) is 4.66. The molecule has 1 heterocycles. The van der Waals surface area contributed by atoms with Crippen LogP contribution in [0.1, 0.15) is 5.69 Å². The van der Waals surface area contributed by atoms with Gasteiger partial charge in [-0.25, -0.2) is 0 Å². The highest BCUT2D eigenvalue weighted by atomic mass is 16.3. The summed E-state index contributed by atoms with van der Waals surface area (Å²) in [6.07, 6.45) is 0. The summed E-state index contributed by atoms with van der Waals surface area (Å²) in [5, 5.41) is 3.97. The van der Waals surface area contributed by atoms with E-state index in [4.69, 9.17) is 5.73 Å². The van der Waals surface area contributed by atoms with Gasteiger partial charge in [0.15, 0.2) is 0 Å². The predicted octanol–water partition coefficient (Wildman–Crippen LogP) is 3.69. The molecule has 0 radical (unpaired) electrons. The summed E-state index contributed by atoms with van der Waals surface area (Å²) in [6, 6.07) is 15.3. The van der Waals surface area contributed by atoms with Crippen molar-refractivity contribution in [3.63, 3.8) is 0 Å². The lowest BCUT2D eigenvalue weighted by molar-refractivity contribution is 1.02. The van der Waals surface area contributed by atoms with Gasteiger partial charge in [-0.3, -0.25) is 0 Å². The van der Waals surface area contributed by atoms with Gasteiger partial charge >= 0.3 is 0 Å². The molecule has 4 nitrogen and oxygen atoms in total. The predicted molar refractivity (Wildman–Crippen MR) is 77.1 cm³/mol. The Bertz CT molecular complexity index is 732. The highest BCUT2D eigenvalue weighted by molar-refractivity contribution is 5.98. The maximum atomic E-state index is 10.7. The maximum Gasteiger partial charge on any atom is 0.108 e. The first-order valence-electron chi connectivity index (χ1n) is 6.07. The van der Waals surface area contributed by atoms with Gasteiger partial charge in [0.05, 0.1) is 0 Å². The van der Waals surface area contributed by atoms with Crippen molar-refractivity contribution in [2.24, 2.45) is 10.9 Å². The third kappa shape index (κ3) is 1.92. The molecule has 0 spiro atoms. The zero-order valence-corrected chi connectivity index (χ0v) is 10.3. The Morgan fingerprint density at radius 1 is 1.11 bits per heavy atom. The minimum Gasteiger partial charge on any atom is -0.357 e. The summed E-state index contributed by atoms with van der Waals surface area (Å²) in [5.41, 5.74) is 10.3. The number of nitrogens with two attached hydrogens (primary N) is 1. The Labute approximate surface area is 110 Å². The zero-order chi connectivity index (χ0) is 13.2. The molecule has 0 unspecified atom stereocenters. The number of nitroso groups, excluding NO2 is 1. The van der Waals surface area contributed by atoms with Gasteiger partial charge in [0.2, 0.25) is 0 Å². The molecule has 0 aliphatic carbocycles. The van der Waals surface area contributed by atoms with E-state index >= 15 is 0 Å². The van der Waals surface area contributed by atoms with Gasteiger partial charge in [0, 0.05) is 28.7 Å². The Hall–Kier alpha value is -2.46. The molecule has 4 heteroatoms. The van der Waals surface area contributed by atoms with Crippen LogP contribution in [0, 0.1) is 4.91 Å². The Morgan fingerprint density at radius 3 is 2.58 bits per heavy atom. The van der Waals surface area contributed by atoms with Gasteiger partial charge in [-0.2, -0.15) is 0 Å².